The Hall–Kier alpha value is -2.53. The van der Waals surface area contributed by atoms with Crippen LogP contribution >= 0.6 is 18.1 Å². The van der Waals surface area contributed by atoms with Gasteiger partial charge in [0.15, 0.2) is 6.23 Å². The quantitative estimate of drug-likeness (QED) is 0.103. The molecule has 3 heterocycles. The van der Waals surface area contributed by atoms with Crippen molar-refractivity contribution in [1.82, 2.24) is 25.3 Å². The molecule has 2 aliphatic rings. The number of H-pyrrole nitrogens is 1. The summed E-state index contributed by atoms with van der Waals surface area (Å²) in [6.45, 7) is -2.05. The predicted molar refractivity (Wildman–Crippen MR) is 123 cm³/mol. The molecule has 18 heteroatoms. The summed E-state index contributed by atoms with van der Waals surface area (Å²) in [6, 6.07) is -1.81. The number of urea groups is 1. The number of aliphatic hydroxyl groups excluding tert-OH is 1. The molecule has 2 fully saturated rings. The first-order valence-corrected chi connectivity index (χ1v) is 13.7. The van der Waals surface area contributed by atoms with Gasteiger partial charge in [-0.25, -0.2) is 14.7 Å². The van der Waals surface area contributed by atoms with Crippen molar-refractivity contribution >= 4 is 36.0 Å². The van der Waals surface area contributed by atoms with Crippen molar-refractivity contribution in [2.75, 3.05) is 19.5 Å². The van der Waals surface area contributed by atoms with Gasteiger partial charge in [0.25, 0.3) is 11.5 Å². The van der Waals surface area contributed by atoms with Crippen molar-refractivity contribution in [1.29, 1.82) is 0 Å². The predicted octanol–water partition coefficient (Wildman–Crippen LogP) is -2.24. The number of nitrogens with zero attached hydrogens (tertiary/aromatic N) is 1. The number of aromatic amines is 1. The minimum absolute atomic E-state index is 0.197. The molecule has 2 aliphatic heterocycles. The van der Waals surface area contributed by atoms with Gasteiger partial charge in [0.1, 0.15) is 29.9 Å². The summed E-state index contributed by atoms with van der Waals surface area (Å²) in [5.74, 6) is -1.60. The number of esters is 1. The summed E-state index contributed by atoms with van der Waals surface area (Å²) in [5.41, 5.74) is -3.59. The molecule has 0 aromatic carbocycles. The molecule has 1 unspecified atom stereocenters. The zero-order chi connectivity index (χ0) is 26.8. The van der Waals surface area contributed by atoms with Crippen molar-refractivity contribution in [3.05, 3.63) is 33.1 Å². The van der Waals surface area contributed by atoms with Gasteiger partial charge in [-0.1, -0.05) is 11.4 Å². The van der Waals surface area contributed by atoms with Crippen LogP contribution in [0.4, 0.5) is 4.79 Å². The Balaban J connectivity index is 1.76. The number of rotatable bonds is 10. The van der Waals surface area contributed by atoms with Crippen LogP contribution in [-0.4, -0.2) is 87.0 Å². The van der Waals surface area contributed by atoms with Crippen LogP contribution < -0.4 is 27.0 Å². The lowest BCUT2D eigenvalue weighted by Crippen LogP contribution is -2.47. The Kier molecular flexibility index (Phi) is 8.44. The maximum absolute atomic E-state index is 13.5. The summed E-state index contributed by atoms with van der Waals surface area (Å²) < 4.78 is 30.2. The standard InChI is InChI=1S/C18H26N5O11PS/c1-8(14(27)32-3)22-35(31,36-7-9-13(26)21-16(28)19-9)33-6-10-12(25)18(2,30)15(34-10)23-5-4-11(24)20-17(23)29/h4-5,8-10,12,15,25,30H,6-7H2,1-3H3,(H,22,31)(H,20,24,29)(H2,19,21,26,28)/t8-,9-,10-,12-,15-,18-,35?/m1/s1. The van der Waals surface area contributed by atoms with Gasteiger partial charge in [0, 0.05) is 18.0 Å². The Morgan fingerprint density at radius 3 is 2.67 bits per heavy atom. The molecule has 6 N–H and O–H groups in total. The first-order chi connectivity index (χ1) is 16.8. The van der Waals surface area contributed by atoms with E-state index < -0.39 is 78.6 Å². The van der Waals surface area contributed by atoms with E-state index in [1.807, 2.05) is 10.3 Å². The normalized spacial score (nSPS) is 30.4. The SMILES string of the molecule is COC(=O)[C@@H](C)NP(=O)(OC[C@H]1O[C@@H](n2ccc(=O)[nH]c2=O)[C@](C)(O)[C@@H]1O)SC[C@H]1NC(=O)NC1=O. The first kappa shape index (κ1) is 28.0. The second-order valence-corrected chi connectivity index (χ2v) is 12.5. The van der Waals surface area contributed by atoms with Gasteiger partial charge < -0.3 is 29.5 Å². The molecule has 0 radical (unpaired) electrons. The number of carbonyl (C=O) groups is 3. The van der Waals surface area contributed by atoms with Crippen LogP contribution in [0, 0.1) is 0 Å². The van der Waals surface area contributed by atoms with Crippen LogP contribution in [-0.2, 0) is 28.2 Å². The second kappa shape index (κ2) is 10.8. The number of ether oxygens (including phenoxy) is 2. The fraction of sp³-hybridized carbons (Fsp3) is 0.611. The fourth-order valence-corrected chi connectivity index (χ4v) is 7.36. The highest BCUT2D eigenvalue weighted by Gasteiger charge is 2.54. The van der Waals surface area contributed by atoms with Gasteiger partial charge in [-0.3, -0.25) is 33.8 Å². The van der Waals surface area contributed by atoms with Crippen molar-refractivity contribution < 1.29 is 43.2 Å². The summed E-state index contributed by atoms with van der Waals surface area (Å²) >= 11 is 0.613. The van der Waals surface area contributed by atoms with E-state index in [1.54, 1.807) is 0 Å². The topological polar surface area (TPSA) is 227 Å². The number of hydrogen-bond acceptors (Lipinski definition) is 12. The lowest BCUT2D eigenvalue weighted by atomic mass is 9.96. The van der Waals surface area contributed by atoms with Crippen LogP contribution in [0.25, 0.3) is 0 Å². The van der Waals surface area contributed by atoms with Crippen LogP contribution in [0.5, 0.6) is 0 Å². The third kappa shape index (κ3) is 6.05. The molecule has 1 aromatic rings. The van der Waals surface area contributed by atoms with Crippen molar-refractivity contribution in [3.8, 4) is 0 Å². The molecule has 3 rings (SSSR count). The van der Waals surface area contributed by atoms with Crippen molar-refractivity contribution in [3.63, 3.8) is 0 Å². The van der Waals surface area contributed by atoms with Gasteiger partial charge in [0.05, 0.1) is 13.7 Å². The number of nitrogens with one attached hydrogen (secondary N) is 4. The lowest BCUT2D eigenvalue weighted by Gasteiger charge is -2.27. The van der Waals surface area contributed by atoms with Crippen LogP contribution in [0.3, 0.4) is 0 Å². The summed E-state index contributed by atoms with van der Waals surface area (Å²) in [4.78, 5) is 60.5. The van der Waals surface area contributed by atoms with Crippen LogP contribution in [0.2, 0.25) is 0 Å². The Morgan fingerprint density at radius 2 is 2.08 bits per heavy atom. The molecule has 1 aromatic heterocycles. The number of aromatic nitrogens is 2. The number of aliphatic hydroxyl groups is 2. The van der Waals surface area contributed by atoms with E-state index >= 15 is 0 Å². The minimum atomic E-state index is -4.02. The van der Waals surface area contributed by atoms with Gasteiger partial charge in [-0.2, -0.15) is 0 Å². The Morgan fingerprint density at radius 1 is 1.39 bits per heavy atom. The summed E-state index contributed by atoms with van der Waals surface area (Å²) in [7, 11) is 1.13. The third-order valence-electron chi connectivity index (χ3n) is 5.44. The second-order valence-electron chi connectivity index (χ2n) is 8.19. The maximum atomic E-state index is 13.5. The van der Waals surface area contributed by atoms with E-state index in [1.165, 1.54) is 13.8 Å². The van der Waals surface area contributed by atoms with Gasteiger partial charge in [-0.05, 0) is 13.8 Å². The molecule has 2 saturated heterocycles. The first-order valence-electron chi connectivity index (χ1n) is 10.5. The molecule has 0 bridgehead atoms. The van der Waals surface area contributed by atoms with E-state index in [-0.39, 0.29) is 5.75 Å². The summed E-state index contributed by atoms with van der Waals surface area (Å²) in [6.07, 6.45) is -3.28. The Labute approximate surface area is 207 Å². The monoisotopic (exact) mass is 551 g/mol. The zero-order valence-corrected chi connectivity index (χ0v) is 21.0. The Bertz CT molecular complexity index is 1190. The van der Waals surface area contributed by atoms with Crippen LogP contribution in [0.15, 0.2) is 21.9 Å². The number of imide groups is 1. The van der Waals surface area contributed by atoms with Gasteiger partial charge in [0.2, 0.25) is 0 Å². The largest absolute Gasteiger partial charge is 0.468 e. The molecular weight excluding hydrogens is 525 g/mol. The fourth-order valence-electron chi connectivity index (χ4n) is 3.49. The van der Waals surface area contributed by atoms with Gasteiger partial charge in [-0.15, -0.1) is 0 Å². The van der Waals surface area contributed by atoms with E-state index in [2.05, 4.69) is 15.1 Å². The molecule has 7 atom stereocenters. The third-order valence-corrected chi connectivity index (χ3v) is 9.56. The van der Waals surface area contributed by atoms with Crippen molar-refractivity contribution in [2.24, 2.45) is 0 Å². The molecule has 0 spiro atoms. The zero-order valence-electron chi connectivity index (χ0n) is 19.3. The smallest absolute Gasteiger partial charge is 0.330 e. The molecular formula is C18H26N5O11PS. The molecule has 16 nitrogen and oxygen atoms in total. The molecule has 3 amide bonds. The molecule has 200 valence electrons. The van der Waals surface area contributed by atoms with Crippen LogP contribution in [0.1, 0.15) is 20.1 Å². The number of methoxy groups -OCH3 is 1. The maximum Gasteiger partial charge on any atom is 0.330 e. The molecule has 0 saturated carbocycles. The van der Waals surface area contributed by atoms with E-state index in [9.17, 15) is 38.8 Å². The number of carbonyl (C=O) groups excluding carboxylic acids is 3. The number of amides is 3. The molecule has 0 aliphatic carbocycles. The molecule has 36 heavy (non-hydrogen) atoms. The van der Waals surface area contributed by atoms with E-state index in [0.29, 0.717) is 11.4 Å². The minimum Gasteiger partial charge on any atom is -0.468 e. The average molecular weight is 551 g/mol. The van der Waals surface area contributed by atoms with E-state index in [0.717, 1.165) is 23.9 Å². The number of hydrogen-bond donors (Lipinski definition) is 6. The summed E-state index contributed by atoms with van der Waals surface area (Å²) in [5, 5.41) is 28.3. The average Bonchev–Trinajstić information content (AvgIpc) is 3.24. The van der Waals surface area contributed by atoms with Crippen molar-refractivity contribution in [2.45, 2.75) is 50.0 Å². The highest BCUT2D eigenvalue weighted by Crippen LogP contribution is 2.57. The highest BCUT2D eigenvalue weighted by molar-refractivity contribution is 8.56. The van der Waals surface area contributed by atoms with Gasteiger partial charge >= 0.3 is 24.4 Å². The van der Waals surface area contributed by atoms with E-state index in [4.69, 9.17) is 9.26 Å². The highest BCUT2D eigenvalue weighted by atomic mass is 32.7. The lowest BCUT2D eigenvalue weighted by molar-refractivity contribution is -0.142.